The molecular formula is C19H34O3S2. The van der Waals surface area contributed by atoms with E-state index in [1.165, 1.54) is 55.8 Å². The van der Waals surface area contributed by atoms with Crippen LogP contribution >= 0.6 is 23.5 Å². The minimum atomic E-state index is -0.669. The number of rotatable bonds is 14. The van der Waals surface area contributed by atoms with Gasteiger partial charge in [0.2, 0.25) is 0 Å². The van der Waals surface area contributed by atoms with Crippen LogP contribution in [0.25, 0.3) is 0 Å². The maximum Gasteiger partial charge on any atom is 0.303 e. The molecule has 2 rings (SSSR count). The van der Waals surface area contributed by atoms with Crippen LogP contribution in [0.2, 0.25) is 0 Å². The Bertz CT molecular complexity index is 365. The van der Waals surface area contributed by atoms with E-state index < -0.39 is 5.97 Å². The average Bonchev–Trinajstić information content (AvgIpc) is 3.15. The Balaban J connectivity index is 1.59. The quantitative estimate of drug-likeness (QED) is 0.430. The van der Waals surface area contributed by atoms with Crippen molar-refractivity contribution in [3.05, 3.63) is 0 Å². The predicted octanol–water partition coefficient (Wildman–Crippen LogP) is 5.08. The highest BCUT2D eigenvalue weighted by Crippen LogP contribution is 2.46. The largest absolute Gasteiger partial charge is 0.481 e. The number of carboxylic acid groups (broad SMARTS) is 1. The molecule has 0 spiro atoms. The van der Waals surface area contributed by atoms with Gasteiger partial charge in [0.1, 0.15) is 0 Å². The van der Waals surface area contributed by atoms with Crippen LogP contribution in [0.4, 0.5) is 0 Å². The Morgan fingerprint density at radius 1 is 1.00 bits per heavy atom. The smallest absolute Gasteiger partial charge is 0.303 e. The number of ether oxygens (including phenoxy) is 1. The van der Waals surface area contributed by atoms with E-state index in [1.54, 1.807) is 0 Å². The number of aliphatic carboxylic acids is 1. The van der Waals surface area contributed by atoms with Crippen LogP contribution in [0.1, 0.15) is 64.7 Å². The predicted molar refractivity (Wildman–Crippen MR) is 105 cm³/mol. The summed E-state index contributed by atoms with van der Waals surface area (Å²) in [4.78, 5) is 10.5. The molecule has 0 aromatic heterocycles. The third kappa shape index (κ3) is 6.80. The van der Waals surface area contributed by atoms with Gasteiger partial charge in [-0.05, 0) is 73.4 Å². The lowest BCUT2D eigenvalue weighted by Gasteiger charge is -2.27. The normalized spacial score (nSPS) is 28.5. The standard InChI is InChI=1S/C19H34O3S2/c1-2-3-5-11-23-13-10-15-16(18-9-8-17(15)22-18)14-24-12-6-4-7-19(20)21/h15-18H,2-14H2,1H3,(H,20,21)/t15-,16+,17-,18+/m1/s1. The topological polar surface area (TPSA) is 46.5 Å². The van der Waals surface area contributed by atoms with Gasteiger partial charge >= 0.3 is 5.97 Å². The zero-order chi connectivity index (χ0) is 17.2. The number of unbranched alkanes of at least 4 members (excludes halogenated alkanes) is 3. The van der Waals surface area contributed by atoms with Crippen LogP contribution in [-0.4, -0.2) is 46.3 Å². The molecule has 0 saturated carbocycles. The van der Waals surface area contributed by atoms with Crippen LogP contribution in [-0.2, 0) is 9.53 Å². The first kappa shape index (κ1) is 20.4. The fourth-order valence-corrected chi connectivity index (χ4v) is 6.34. The van der Waals surface area contributed by atoms with Crippen molar-refractivity contribution < 1.29 is 14.6 Å². The van der Waals surface area contributed by atoms with Crippen LogP contribution in [0.15, 0.2) is 0 Å². The third-order valence-electron chi connectivity index (χ3n) is 5.32. The van der Waals surface area contributed by atoms with Gasteiger partial charge in [0.05, 0.1) is 12.2 Å². The minimum absolute atomic E-state index is 0.315. The highest BCUT2D eigenvalue weighted by atomic mass is 32.2. The van der Waals surface area contributed by atoms with E-state index in [0.29, 0.717) is 18.6 Å². The molecule has 0 aromatic carbocycles. The second kappa shape index (κ2) is 11.7. The van der Waals surface area contributed by atoms with Crippen molar-refractivity contribution in [3.63, 3.8) is 0 Å². The molecule has 2 aliphatic rings. The molecule has 3 nitrogen and oxygen atoms in total. The lowest BCUT2D eigenvalue weighted by atomic mass is 9.79. The molecule has 2 fully saturated rings. The van der Waals surface area contributed by atoms with Crippen molar-refractivity contribution in [2.24, 2.45) is 11.8 Å². The van der Waals surface area contributed by atoms with Gasteiger partial charge in [-0.1, -0.05) is 19.8 Å². The first-order valence-corrected chi connectivity index (χ1v) is 12.1. The first-order chi connectivity index (χ1) is 11.7. The summed E-state index contributed by atoms with van der Waals surface area (Å²) in [6, 6.07) is 0. The fourth-order valence-electron chi connectivity index (χ4n) is 3.98. The van der Waals surface area contributed by atoms with Crippen molar-refractivity contribution in [3.8, 4) is 0 Å². The van der Waals surface area contributed by atoms with Crippen LogP contribution in [0, 0.1) is 11.8 Å². The second-order valence-electron chi connectivity index (χ2n) is 7.15. The van der Waals surface area contributed by atoms with E-state index in [1.807, 2.05) is 11.8 Å². The van der Waals surface area contributed by atoms with Gasteiger partial charge in [0.15, 0.2) is 0 Å². The number of hydrogen-bond donors (Lipinski definition) is 1. The number of fused-ring (bicyclic) bond motifs is 2. The Morgan fingerprint density at radius 2 is 1.71 bits per heavy atom. The van der Waals surface area contributed by atoms with Gasteiger partial charge in [-0.2, -0.15) is 23.5 Å². The van der Waals surface area contributed by atoms with Crippen LogP contribution in [0.5, 0.6) is 0 Å². The average molecular weight is 375 g/mol. The second-order valence-corrected chi connectivity index (χ2v) is 9.53. The summed E-state index contributed by atoms with van der Waals surface area (Å²) in [5, 5.41) is 8.67. The molecule has 4 atom stereocenters. The van der Waals surface area contributed by atoms with Gasteiger partial charge in [0.25, 0.3) is 0 Å². The molecule has 1 N–H and O–H groups in total. The maximum absolute atomic E-state index is 10.5. The zero-order valence-corrected chi connectivity index (χ0v) is 16.7. The maximum atomic E-state index is 10.5. The van der Waals surface area contributed by atoms with E-state index in [0.717, 1.165) is 30.4 Å². The summed E-state index contributed by atoms with van der Waals surface area (Å²) in [7, 11) is 0. The van der Waals surface area contributed by atoms with Crippen molar-refractivity contribution in [1.82, 2.24) is 0 Å². The highest BCUT2D eigenvalue weighted by molar-refractivity contribution is 7.99. The SMILES string of the molecule is CCCCCSCC[C@@H]1[C@H](CSCCCCC(=O)O)[C@@H]2CC[C@H]1O2. The van der Waals surface area contributed by atoms with Gasteiger partial charge in [-0.25, -0.2) is 0 Å². The first-order valence-electron chi connectivity index (χ1n) is 9.75. The molecule has 0 aromatic rings. The molecule has 0 unspecified atom stereocenters. The number of hydrogen-bond acceptors (Lipinski definition) is 4. The van der Waals surface area contributed by atoms with Crippen molar-refractivity contribution in [2.75, 3.05) is 23.0 Å². The van der Waals surface area contributed by atoms with E-state index in [-0.39, 0.29) is 0 Å². The van der Waals surface area contributed by atoms with Gasteiger partial charge in [-0.15, -0.1) is 0 Å². The van der Waals surface area contributed by atoms with Gasteiger partial charge in [-0.3, -0.25) is 4.79 Å². The molecule has 2 aliphatic heterocycles. The molecule has 0 radical (unpaired) electrons. The summed E-state index contributed by atoms with van der Waals surface area (Å²) in [5.41, 5.74) is 0. The van der Waals surface area contributed by atoms with E-state index in [4.69, 9.17) is 9.84 Å². The summed E-state index contributed by atoms with van der Waals surface area (Å²) in [6.45, 7) is 2.27. The number of carboxylic acids is 1. The summed E-state index contributed by atoms with van der Waals surface area (Å²) >= 11 is 4.15. The fraction of sp³-hybridized carbons (Fsp3) is 0.947. The van der Waals surface area contributed by atoms with E-state index in [9.17, 15) is 4.79 Å². The lowest BCUT2D eigenvalue weighted by Crippen LogP contribution is -2.29. The van der Waals surface area contributed by atoms with Crippen molar-refractivity contribution >= 4 is 29.5 Å². The third-order valence-corrected chi connectivity index (χ3v) is 7.62. The summed E-state index contributed by atoms with van der Waals surface area (Å²) < 4.78 is 6.20. The highest BCUT2D eigenvalue weighted by Gasteiger charge is 2.47. The Kier molecular flexibility index (Phi) is 9.96. The van der Waals surface area contributed by atoms with Gasteiger partial charge < -0.3 is 9.84 Å². The van der Waals surface area contributed by atoms with Crippen LogP contribution < -0.4 is 0 Å². The van der Waals surface area contributed by atoms with Crippen molar-refractivity contribution in [1.29, 1.82) is 0 Å². The lowest BCUT2D eigenvalue weighted by molar-refractivity contribution is -0.137. The van der Waals surface area contributed by atoms with E-state index >= 15 is 0 Å². The van der Waals surface area contributed by atoms with Gasteiger partial charge in [0, 0.05) is 6.42 Å². The Morgan fingerprint density at radius 3 is 2.46 bits per heavy atom. The Labute approximate surface area is 156 Å². The molecule has 0 aliphatic carbocycles. The zero-order valence-electron chi connectivity index (χ0n) is 15.1. The molecule has 24 heavy (non-hydrogen) atoms. The van der Waals surface area contributed by atoms with Crippen LogP contribution in [0.3, 0.4) is 0 Å². The molecular weight excluding hydrogens is 340 g/mol. The van der Waals surface area contributed by atoms with E-state index in [2.05, 4.69) is 18.7 Å². The molecule has 0 amide bonds. The molecule has 140 valence electrons. The Hall–Kier alpha value is 0.130. The monoisotopic (exact) mass is 374 g/mol. The van der Waals surface area contributed by atoms with Crippen molar-refractivity contribution in [2.45, 2.75) is 76.9 Å². The number of carbonyl (C=O) groups is 1. The molecule has 2 heterocycles. The number of thioether (sulfide) groups is 2. The molecule has 2 bridgehead atoms. The molecule has 5 heteroatoms. The summed E-state index contributed by atoms with van der Waals surface area (Å²) in [5.74, 6) is 5.76. The minimum Gasteiger partial charge on any atom is -0.481 e. The summed E-state index contributed by atoms with van der Waals surface area (Å²) in [6.07, 6.45) is 11.1. The molecule has 2 saturated heterocycles.